The molecule has 2 rings (SSSR count). The smallest absolute Gasteiger partial charge is 0.305 e. The second-order valence-electron chi connectivity index (χ2n) is 5.88. The van der Waals surface area contributed by atoms with E-state index in [-0.39, 0.29) is 36.1 Å². The molecule has 2 fully saturated rings. The number of carbonyl (C=O) groups excluding carboxylic acids is 2. The average molecular weight is 282 g/mol. The van der Waals surface area contributed by atoms with E-state index >= 15 is 0 Å². The number of nitrogens with zero attached hydrogens (tertiary/aromatic N) is 1. The van der Waals surface area contributed by atoms with Gasteiger partial charge in [-0.3, -0.25) is 14.4 Å². The number of carboxylic acid groups (broad SMARTS) is 1. The maximum atomic E-state index is 12.0. The van der Waals surface area contributed by atoms with E-state index in [1.807, 2.05) is 4.90 Å². The van der Waals surface area contributed by atoms with Gasteiger partial charge in [0.2, 0.25) is 11.8 Å². The standard InChI is InChI=1S/C14H22N2O4/c1-9(8-12(17)18)15-13(19)10-4-6-16(7-5-10)14(20)11-2-3-11/h9-11H,2-8H2,1H3,(H,15,19)(H,17,18). The van der Waals surface area contributed by atoms with Gasteiger partial charge in [-0.05, 0) is 32.6 Å². The van der Waals surface area contributed by atoms with Crippen molar-refractivity contribution >= 4 is 17.8 Å². The number of carboxylic acids is 1. The predicted octanol–water partition coefficient (Wildman–Crippen LogP) is 0.614. The summed E-state index contributed by atoms with van der Waals surface area (Å²) in [5.74, 6) is -0.631. The number of nitrogens with one attached hydrogen (secondary N) is 1. The van der Waals surface area contributed by atoms with E-state index < -0.39 is 5.97 Å². The highest BCUT2D eigenvalue weighted by atomic mass is 16.4. The van der Waals surface area contributed by atoms with Crippen LogP contribution in [0.2, 0.25) is 0 Å². The third kappa shape index (κ3) is 3.95. The lowest BCUT2D eigenvalue weighted by atomic mass is 9.95. The number of rotatable bonds is 5. The highest BCUT2D eigenvalue weighted by Crippen LogP contribution is 2.32. The summed E-state index contributed by atoms with van der Waals surface area (Å²) in [6, 6.07) is -0.355. The summed E-state index contributed by atoms with van der Waals surface area (Å²) in [5, 5.41) is 11.4. The molecule has 2 aliphatic rings. The van der Waals surface area contributed by atoms with Gasteiger partial charge in [-0.25, -0.2) is 0 Å². The molecule has 0 aromatic heterocycles. The lowest BCUT2D eigenvalue weighted by Crippen LogP contribution is -2.45. The highest BCUT2D eigenvalue weighted by molar-refractivity contribution is 5.82. The number of aliphatic carboxylic acids is 1. The Bertz CT molecular complexity index is 398. The lowest BCUT2D eigenvalue weighted by Gasteiger charge is -2.32. The Balaban J connectivity index is 1.73. The summed E-state index contributed by atoms with van der Waals surface area (Å²) in [6.07, 6.45) is 3.29. The monoisotopic (exact) mass is 282 g/mol. The van der Waals surface area contributed by atoms with Crippen LogP contribution in [0, 0.1) is 11.8 Å². The number of hydrogen-bond acceptors (Lipinski definition) is 3. The molecule has 0 bridgehead atoms. The van der Waals surface area contributed by atoms with Gasteiger partial charge < -0.3 is 15.3 Å². The summed E-state index contributed by atoms with van der Waals surface area (Å²) in [7, 11) is 0. The second-order valence-corrected chi connectivity index (χ2v) is 5.88. The lowest BCUT2D eigenvalue weighted by molar-refractivity contribution is -0.139. The fourth-order valence-electron chi connectivity index (χ4n) is 2.62. The van der Waals surface area contributed by atoms with E-state index in [9.17, 15) is 14.4 Å². The Labute approximate surface area is 118 Å². The maximum Gasteiger partial charge on any atom is 0.305 e. The molecule has 112 valence electrons. The summed E-state index contributed by atoms with van der Waals surface area (Å²) in [5.41, 5.74) is 0. The summed E-state index contributed by atoms with van der Waals surface area (Å²) in [6.45, 7) is 2.97. The topological polar surface area (TPSA) is 86.7 Å². The van der Waals surface area contributed by atoms with Crippen molar-refractivity contribution < 1.29 is 19.5 Å². The molecule has 1 aliphatic carbocycles. The molecule has 1 heterocycles. The Kier molecular flexibility index (Phi) is 4.62. The number of likely N-dealkylation sites (tertiary alicyclic amines) is 1. The van der Waals surface area contributed by atoms with Crippen LogP contribution in [0.15, 0.2) is 0 Å². The fraction of sp³-hybridized carbons (Fsp3) is 0.786. The van der Waals surface area contributed by atoms with Crippen molar-refractivity contribution in [2.24, 2.45) is 11.8 Å². The minimum atomic E-state index is -0.914. The Morgan fingerprint density at radius 3 is 2.25 bits per heavy atom. The normalized spacial score (nSPS) is 21.4. The zero-order valence-electron chi connectivity index (χ0n) is 11.8. The second kappa shape index (κ2) is 6.24. The molecule has 0 radical (unpaired) electrons. The summed E-state index contributed by atoms with van der Waals surface area (Å²) >= 11 is 0. The van der Waals surface area contributed by atoms with Crippen molar-refractivity contribution in [2.75, 3.05) is 13.1 Å². The third-order valence-corrected chi connectivity index (χ3v) is 3.97. The average Bonchev–Trinajstić information content (AvgIpc) is 3.21. The van der Waals surface area contributed by atoms with Gasteiger partial charge in [0, 0.05) is 31.0 Å². The predicted molar refractivity (Wildman–Crippen MR) is 71.9 cm³/mol. The van der Waals surface area contributed by atoms with Crippen molar-refractivity contribution in [1.29, 1.82) is 0 Å². The van der Waals surface area contributed by atoms with E-state index in [1.165, 1.54) is 0 Å². The molecule has 2 amide bonds. The molecule has 0 aromatic rings. The highest BCUT2D eigenvalue weighted by Gasteiger charge is 2.36. The van der Waals surface area contributed by atoms with Crippen LogP contribution >= 0.6 is 0 Å². The first-order chi connectivity index (χ1) is 9.47. The van der Waals surface area contributed by atoms with Gasteiger partial charge in [0.1, 0.15) is 0 Å². The van der Waals surface area contributed by atoms with Gasteiger partial charge in [-0.2, -0.15) is 0 Å². The zero-order valence-corrected chi connectivity index (χ0v) is 11.8. The van der Waals surface area contributed by atoms with Crippen molar-refractivity contribution in [3.63, 3.8) is 0 Å². The first kappa shape index (κ1) is 14.8. The minimum Gasteiger partial charge on any atom is -0.481 e. The quantitative estimate of drug-likeness (QED) is 0.773. The van der Waals surface area contributed by atoms with E-state index in [4.69, 9.17) is 5.11 Å². The van der Waals surface area contributed by atoms with Crippen LogP contribution in [-0.2, 0) is 14.4 Å². The fourth-order valence-corrected chi connectivity index (χ4v) is 2.62. The molecule has 0 aromatic carbocycles. The van der Waals surface area contributed by atoms with E-state index in [2.05, 4.69) is 5.32 Å². The molecule has 0 spiro atoms. The Morgan fingerprint density at radius 1 is 1.15 bits per heavy atom. The van der Waals surface area contributed by atoms with Crippen LogP contribution in [-0.4, -0.2) is 46.9 Å². The van der Waals surface area contributed by atoms with Gasteiger partial charge >= 0.3 is 5.97 Å². The Hall–Kier alpha value is -1.59. The van der Waals surface area contributed by atoms with E-state index in [0.717, 1.165) is 12.8 Å². The van der Waals surface area contributed by atoms with Crippen LogP contribution in [0.4, 0.5) is 0 Å². The summed E-state index contributed by atoms with van der Waals surface area (Å²) in [4.78, 5) is 36.3. The first-order valence-corrected chi connectivity index (χ1v) is 7.28. The Morgan fingerprint density at radius 2 is 1.75 bits per heavy atom. The van der Waals surface area contributed by atoms with Crippen molar-refractivity contribution in [3.8, 4) is 0 Å². The van der Waals surface area contributed by atoms with Crippen molar-refractivity contribution in [2.45, 2.75) is 45.1 Å². The summed E-state index contributed by atoms with van der Waals surface area (Å²) < 4.78 is 0. The molecule has 20 heavy (non-hydrogen) atoms. The van der Waals surface area contributed by atoms with Crippen LogP contribution in [0.25, 0.3) is 0 Å². The third-order valence-electron chi connectivity index (χ3n) is 3.97. The van der Waals surface area contributed by atoms with Gasteiger partial charge in [-0.1, -0.05) is 0 Å². The molecule has 1 unspecified atom stereocenters. The molecule has 6 nitrogen and oxygen atoms in total. The van der Waals surface area contributed by atoms with Crippen molar-refractivity contribution in [1.82, 2.24) is 10.2 Å². The number of hydrogen-bond donors (Lipinski definition) is 2. The first-order valence-electron chi connectivity index (χ1n) is 7.28. The van der Waals surface area contributed by atoms with Crippen LogP contribution in [0.5, 0.6) is 0 Å². The van der Waals surface area contributed by atoms with Crippen molar-refractivity contribution in [3.05, 3.63) is 0 Å². The minimum absolute atomic E-state index is 0.0647. The maximum absolute atomic E-state index is 12.0. The molecule has 1 saturated carbocycles. The molecule has 1 saturated heterocycles. The number of piperidine rings is 1. The largest absolute Gasteiger partial charge is 0.481 e. The van der Waals surface area contributed by atoms with Crippen LogP contribution in [0.1, 0.15) is 39.0 Å². The van der Waals surface area contributed by atoms with Gasteiger partial charge in [0.15, 0.2) is 0 Å². The van der Waals surface area contributed by atoms with E-state index in [0.29, 0.717) is 25.9 Å². The van der Waals surface area contributed by atoms with E-state index in [1.54, 1.807) is 6.92 Å². The molecule has 1 atom stereocenters. The van der Waals surface area contributed by atoms with Gasteiger partial charge in [0.05, 0.1) is 6.42 Å². The molecule has 1 aliphatic heterocycles. The number of carbonyl (C=O) groups is 3. The van der Waals surface area contributed by atoms with Crippen LogP contribution < -0.4 is 5.32 Å². The molecule has 2 N–H and O–H groups in total. The zero-order chi connectivity index (χ0) is 14.7. The van der Waals surface area contributed by atoms with Crippen LogP contribution in [0.3, 0.4) is 0 Å². The van der Waals surface area contributed by atoms with Gasteiger partial charge in [-0.15, -0.1) is 0 Å². The number of amides is 2. The molecular weight excluding hydrogens is 260 g/mol. The van der Waals surface area contributed by atoms with Gasteiger partial charge in [0.25, 0.3) is 0 Å². The SMILES string of the molecule is CC(CC(=O)O)NC(=O)C1CCN(C(=O)C2CC2)CC1. The molecule has 6 heteroatoms. The molecular formula is C14H22N2O4.